The first-order valence-corrected chi connectivity index (χ1v) is 9.55. The topological polar surface area (TPSA) is 114 Å². The molecule has 0 aromatic heterocycles. The van der Waals surface area contributed by atoms with E-state index in [4.69, 9.17) is 15.2 Å². The summed E-state index contributed by atoms with van der Waals surface area (Å²) in [5, 5.41) is 13.6. The van der Waals surface area contributed by atoms with Gasteiger partial charge in [0.2, 0.25) is 12.7 Å². The minimum absolute atomic E-state index is 0.0399. The summed E-state index contributed by atoms with van der Waals surface area (Å²) in [4.78, 5) is 23.9. The van der Waals surface area contributed by atoms with Crippen molar-refractivity contribution in [3.05, 3.63) is 45.6 Å². The average molecular weight is 383 g/mol. The third kappa shape index (κ3) is 3.15. The number of thioether (sulfide) groups is 1. The number of fused-ring (bicyclic) bond motifs is 1. The molecule has 138 valence electrons. The van der Waals surface area contributed by atoms with Crippen LogP contribution in [0.15, 0.2) is 40.1 Å². The summed E-state index contributed by atoms with van der Waals surface area (Å²) in [5.41, 5.74) is 7.91. The van der Waals surface area contributed by atoms with Crippen molar-refractivity contribution in [2.45, 2.75) is 25.2 Å². The first-order chi connectivity index (χ1) is 13.1. The zero-order valence-electron chi connectivity index (χ0n) is 14.4. The molecule has 2 heterocycles. The number of allylic oxidation sites excluding steroid dienone is 3. The highest BCUT2D eigenvalue weighted by atomic mass is 32.2. The third-order valence-corrected chi connectivity index (χ3v) is 5.79. The fourth-order valence-electron chi connectivity index (χ4n) is 3.61. The summed E-state index contributed by atoms with van der Waals surface area (Å²) in [6.07, 6.45) is 1.94. The second-order valence-corrected chi connectivity index (χ2v) is 7.43. The molecule has 0 saturated heterocycles. The van der Waals surface area contributed by atoms with Crippen LogP contribution in [0.1, 0.15) is 30.7 Å². The van der Waals surface area contributed by atoms with E-state index < -0.39 is 11.8 Å². The van der Waals surface area contributed by atoms with E-state index in [1.807, 2.05) is 12.1 Å². The lowest BCUT2D eigenvalue weighted by Gasteiger charge is -2.33. The van der Waals surface area contributed by atoms with Crippen LogP contribution in [0.4, 0.5) is 0 Å². The fourth-order valence-corrected chi connectivity index (χ4v) is 4.41. The SMILES string of the molecule is N#CC1=C(SCC(N)=O)NC2=C(C(=O)CCC2)[C@H]1c1ccc2c(c1)OCO2. The zero-order chi connectivity index (χ0) is 19.0. The summed E-state index contributed by atoms with van der Waals surface area (Å²) < 4.78 is 10.8. The molecule has 1 amide bonds. The molecule has 8 heteroatoms. The number of nitrogens with one attached hydrogen (secondary N) is 1. The molecular formula is C19H17N3O4S. The maximum Gasteiger partial charge on any atom is 0.231 e. The molecule has 4 rings (SSSR count). The smallest absolute Gasteiger partial charge is 0.231 e. The Morgan fingerprint density at radius 1 is 1.33 bits per heavy atom. The number of ether oxygens (including phenoxy) is 2. The molecule has 27 heavy (non-hydrogen) atoms. The minimum Gasteiger partial charge on any atom is -0.454 e. The van der Waals surface area contributed by atoms with Gasteiger partial charge in [-0.15, -0.1) is 0 Å². The van der Waals surface area contributed by atoms with E-state index in [2.05, 4.69) is 11.4 Å². The molecule has 7 nitrogen and oxygen atoms in total. The number of nitriles is 1. The Kier molecular flexibility index (Phi) is 4.54. The van der Waals surface area contributed by atoms with E-state index in [1.165, 1.54) is 11.8 Å². The number of rotatable bonds is 4. The lowest BCUT2D eigenvalue weighted by atomic mass is 9.77. The van der Waals surface area contributed by atoms with E-state index in [-0.39, 0.29) is 18.3 Å². The van der Waals surface area contributed by atoms with Gasteiger partial charge in [-0.2, -0.15) is 5.26 Å². The number of Topliss-reactive ketones (excluding diaryl/α,β-unsaturated/α-hetero) is 1. The van der Waals surface area contributed by atoms with Gasteiger partial charge >= 0.3 is 0 Å². The summed E-state index contributed by atoms with van der Waals surface area (Å²) in [5.74, 6) is 0.369. The molecule has 1 atom stereocenters. The lowest BCUT2D eigenvalue weighted by molar-refractivity contribution is -0.116. The molecule has 0 fully saturated rings. The predicted octanol–water partition coefficient (Wildman–Crippen LogP) is 2.06. The molecule has 0 bridgehead atoms. The van der Waals surface area contributed by atoms with Crippen LogP contribution in [-0.2, 0) is 9.59 Å². The van der Waals surface area contributed by atoms with Crippen molar-refractivity contribution in [1.29, 1.82) is 5.26 Å². The highest BCUT2D eigenvalue weighted by Gasteiger charge is 2.37. The average Bonchev–Trinajstić information content (AvgIpc) is 3.13. The second kappa shape index (κ2) is 7.00. The number of hydrogen-bond acceptors (Lipinski definition) is 7. The zero-order valence-corrected chi connectivity index (χ0v) is 15.2. The molecule has 3 N–H and O–H groups in total. The number of carbonyl (C=O) groups excluding carboxylic acids is 2. The Morgan fingerprint density at radius 3 is 2.93 bits per heavy atom. The van der Waals surface area contributed by atoms with E-state index in [0.29, 0.717) is 34.1 Å². The van der Waals surface area contributed by atoms with Gasteiger partial charge in [-0.05, 0) is 30.5 Å². The van der Waals surface area contributed by atoms with Gasteiger partial charge in [-0.3, -0.25) is 9.59 Å². The van der Waals surface area contributed by atoms with Crippen LogP contribution >= 0.6 is 11.8 Å². The molecule has 1 aromatic rings. The number of amides is 1. The molecule has 0 saturated carbocycles. The van der Waals surface area contributed by atoms with Crippen molar-refractivity contribution in [1.82, 2.24) is 5.32 Å². The Hall–Kier alpha value is -2.92. The Bertz CT molecular complexity index is 945. The van der Waals surface area contributed by atoms with E-state index in [1.54, 1.807) is 6.07 Å². The van der Waals surface area contributed by atoms with Gasteiger partial charge in [0, 0.05) is 17.7 Å². The number of nitrogens with zero attached hydrogens (tertiary/aromatic N) is 1. The number of dihydropyridines is 1. The summed E-state index contributed by atoms with van der Waals surface area (Å²) in [7, 11) is 0. The van der Waals surface area contributed by atoms with Crippen molar-refractivity contribution in [2.75, 3.05) is 12.5 Å². The number of nitrogens with two attached hydrogens (primary N) is 1. The number of benzene rings is 1. The standard InChI is InChI=1S/C19H17N3O4S/c20-7-11-17(10-4-5-14-15(6-10)26-9-25-14)18-12(2-1-3-13(18)23)22-19(11)27-8-16(21)24/h4-6,17,22H,1-3,8-9H2,(H2,21,24)/t17-/m0/s1. The van der Waals surface area contributed by atoms with Gasteiger partial charge in [-0.1, -0.05) is 17.8 Å². The maximum atomic E-state index is 12.7. The highest BCUT2D eigenvalue weighted by molar-refractivity contribution is 8.03. The van der Waals surface area contributed by atoms with E-state index in [9.17, 15) is 14.9 Å². The second-order valence-electron chi connectivity index (χ2n) is 6.45. The normalized spacial score (nSPS) is 20.9. The van der Waals surface area contributed by atoms with Crippen molar-refractivity contribution >= 4 is 23.5 Å². The van der Waals surface area contributed by atoms with Crippen LogP contribution < -0.4 is 20.5 Å². The van der Waals surface area contributed by atoms with E-state index in [0.717, 1.165) is 24.1 Å². The van der Waals surface area contributed by atoms with E-state index >= 15 is 0 Å². The Balaban J connectivity index is 1.83. The molecule has 1 aromatic carbocycles. The number of primary amides is 1. The van der Waals surface area contributed by atoms with Gasteiger partial charge in [0.25, 0.3) is 0 Å². The molecular weight excluding hydrogens is 366 g/mol. The molecule has 2 aliphatic heterocycles. The van der Waals surface area contributed by atoms with Crippen LogP contribution in [-0.4, -0.2) is 24.2 Å². The van der Waals surface area contributed by atoms with Crippen molar-refractivity contribution in [2.24, 2.45) is 5.73 Å². The third-order valence-electron chi connectivity index (χ3n) is 4.75. The van der Waals surface area contributed by atoms with Crippen LogP contribution in [0.5, 0.6) is 11.5 Å². The van der Waals surface area contributed by atoms with Gasteiger partial charge < -0.3 is 20.5 Å². The van der Waals surface area contributed by atoms with Crippen LogP contribution in [0, 0.1) is 11.3 Å². The van der Waals surface area contributed by atoms with Crippen molar-refractivity contribution in [3.63, 3.8) is 0 Å². The quantitative estimate of drug-likeness (QED) is 0.818. The van der Waals surface area contributed by atoms with Crippen LogP contribution in [0.2, 0.25) is 0 Å². The fraction of sp³-hybridized carbons (Fsp3) is 0.316. The monoisotopic (exact) mass is 383 g/mol. The molecule has 1 aliphatic carbocycles. The minimum atomic E-state index is -0.496. The van der Waals surface area contributed by atoms with Crippen molar-refractivity contribution in [3.8, 4) is 17.6 Å². The summed E-state index contributed by atoms with van der Waals surface area (Å²) >= 11 is 1.19. The highest BCUT2D eigenvalue weighted by Crippen LogP contribution is 2.46. The Morgan fingerprint density at radius 2 is 2.15 bits per heavy atom. The predicted molar refractivity (Wildman–Crippen MR) is 98.6 cm³/mol. The molecule has 0 unspecified atom stereocenters. The van der Waals surface area contributed by atoms with Gasteiger partial charge in [-0.25, -0.2) is 0 Å². The maximum absolute atomic E-state index is 12.7. The van der Waals surface area contributed by atoms with Crippen LogP contribution in [0.3, 0.4) is 0 Å². The lowest BCUT2D eigenvalue weighted by Crippen LogP contribution is -2.31. The number of carbonyl (C=O) groups is 2. The Labute approximate surface area is 160 Å². The number of hydrogen-bond donors (Lipinski definition) is 2. The first kappa shape index (κ1) is 17.5. The largest absolute Gasteiger partial charge is 0.454 e. The summed E-state index contributed by atoms with van der Waals surface area (Å²) in [6, 6.07) is 7.69. The van der Waals surface area contributed by atoms with Gasteiger partial charge in [0.05, 0.1) is 28.3 Å². The first-order valence-electron chi connectivity index (χ1n) is 8.56. The summed E-state index contributed by atoms with van der Waals surface area (Å²) in [6.45, 7) is 0.151. The molecule has 0 radical (unpaired) electrons. The van der Waals surface area contributed by atoms with Crippen molar-refractivity contribution < 1.29 is 19.1 Å². The number of ketones is 1. The van der Waals surface area contributed by atoms with Gasteiger partial charge in [0.15, 0.2) is 17.3 Å². The van der Waals surface area contributed by atoms with Gasteiger partial charge in [0.1, 0.15) is 0 Å². The molecule has 3 aliphatic rings. The van der Waals surface area contributed by atoms with Crippen LogP contribution in [0.25, 0.3) is 0 Å². The molecule has 0 spiro atoms.